The second-order valence-electron chi connectivity index (χ2n) is 7.44. The Kier molecular flexibility index (Phi) is 10.1. The van der Waals surface area contributed by atoms with Gasteiger partial charge in [0.25, 0.3) is 0 Å². The van der Waals surface area contributed by atoms with E-state index in [1.807, 2.05) is 13.8 Å². The van der Waals surface area contributed by atoms with Crippen molar-refractivity contribution in [3.8, 4) is 0 Å². The van der Waals surface area contributed by atoms with Crippen molar-refractivity contribution in [2.75, 3.05) is 20.2 Å². The van der Waals surface area contributed by atoms with E-state index in [1.54, 1.807) is 23.2 Å². The highest BCUT2D eigenvalue weighted by atomic mass is 127. The van der Waals surface area contributed by atoms with E-state index < -0.39 is 0 Å². The van der Waals surface area contributed by atoms with Crippen LogP contribution in [0.5, 0.6) is 0 Å². The van der Waals surface area contributed by atoms with Crippen molar-refractivity contribution >= 4 is 47.2 Å². The summed E-state index contributed by atoms with van der Waals surface area (Å²) in [6, 6.07) is -0.124. The lowest BCUT2D eigenvalue weighted by molar-refractivity contribution is 0.0531. The second kappa shape index (κ2) is 12.3. The number of esters is 1. The molecular formula is C20H32IN7O3S. The molecule has 2 aromatic heterocycles. The molecule has 0 bridgehead atoms. The number of halogens is 1. The van der Waals surface area contributed by atoms with E-state index in [0.29, 0.717) is 36.2 Å². The Hall–Kier alpha value is -1.96. The summed E-state index contributed by atoms with van der Waals surface area (Å²) in [5, 5.41) is 11.8. The number of hydrogen-bond donors (Lipinski definition) is 2. The maximum atomic E-state index is 12.4. The van der Waals surface area contributed by atoms with Crippen molar-refractivity contribution in [3.63, 3.8) is 0 Å². The Bertz CT molecular complexity index is 998. The Labute approximate surface area is 208 Å². The monoisotopic (exact) mass is 577 g/mol. The van der Waals surface area contributed by atoms with Crippen molar-refractivity contribution < 1.29 is 9.53 Å². The van der Waals surface area contributed by atoms with Gasteiger partial charge in [0, 0.05) is 33.1 Å². The van der Waals surface area contributed by atoms with E-state index in [2.05, 4.69) is 25.7 Å². The molecule has 2 aromatic rings. The fourth-order valence-electron chi connectivity index (χ4n) is 3.48. The van der Waals surface area contributed by atoms with Crippen molar-refractivity contribution in [3.05, 3.63) is 31.9 Å². The number of thiazole rings is 1. The molecule has 0 saturated heterocycles. The molecule has 10 nitrogen and oxygen atoms in total. The van der Waals surface area contributed by atoms with Gasteiger partial charge in [-0.25, -0.2) is 19.3 Å². The van der Waals surface area contributed by atoms with Crippen LogP contribution in [0.1, 0.15) is 65.3 Å². The first kappa shape index (κ1) is 26.3. The first-order valence-electron chi connectivity index (χ1n) is 10.7. The highest BCUT2D eigenvalue weighted by Gasteiger charge is 2.20. The van der Waals surface area contributed by atoms with Gasteiger partial charge in [0.1, 0.15) is 15.7 Å². The van der Waals surface area contributed by atoms with Crippen LogP contribution in [-0.2, 0) is 24.2 Å². The lowest BCUT2D eigenvalue weighted by Crippen LogP contribution is -2.39. The maximum Gasteiger partial charge on any atom is 0.350 e. The fourth-order valence-corrected chi connectivity index (χ4v) is 4.44. The van der Waals surface area contributed by atoms with Crippen LogP contribution in [0.2, 0.25) is 0 Å². The van der Waals surface area contributed by atoms with Crippen LogP contribution in [-0.4, -0.2) is 51.5 Å². The Morgan fingerprint density at radius 3 is 2.84 bits per heavy atom. The number of rotatable bonds is 8. The zero-order valence-corrected chi connectivity index (χ0v) is 22.2. The number of nitrogens with one attached hydrogen (secondary N) is 2. The van der Waals surface area contributed by atoms with Crippen LogP contribution >= 0.6 is 35.3 Å². The number of nitrogens with zero attached hydrogens (tertiary/aromatic N) is 5. The standard InChI is InChI=1S/C20H31N7O3S.HI/c1-5-30-18(28)16-13(2)23-17(31-16)14(3)24-19(21-4)22-10-8-12-27-20(29)26-11-7-6-9-15(26)25-27;/h14H,5-12H2,1-4H3,(H2,21,22,24);1H. The van der Waals surface area contributed by atoms with Gasteiger partial charge in [-0.15, -0.1) is 35.3 Å². The van der Waals surface area contributed by atoms with E-state index >= 15 is 0 Å². The number of aromatic nitrogens is 4. The minimum atomic E-state index is -0.338. The summed E-state index contributed by atoms with van der Waals surface area (Å²) in [4.78, 5) is 33.7. The average molecular weight is 577 g/mol. The number of aliphatic imine (C=N–C) groups is 1. The maximum absolute atomic E-state index is 12.4. The predicted molar refractivity (Wildman–Crippen MR) is 135 cm³/mol. The zero-order valence-electron chi connectivity index (χ0n) is 19.0. The molecule has 0 amide bonds. The Morgan fingerprint density at radius 1 is 1.38 bits per heavy atom. The van der Waals surface area contributed by atoms with Gasteiger partial charge in [-0.3, -0.25) is 9.56 Å². The highest BCUT2D eigenvalue weighted by Crippen LogP contribution is 2.24. The molecule has 1 aliphatic heterocycles. The molecule has 3 rings (SSSR count). The van der Waals surface area contributed by atoms with E-state index in [9.17, 15) is 9.59 Å². The van der Waals surface area contributed by atoms with Crippen LogP contribution in [0, 0.1) is 6.92 Å². The molecule has 0 aliphatic carbocycles. The smallest absolute Gasteiger partial charge is 0.350 e. The summed E-state index contributed by atoms with van der Waals surface area (Å²) >= 11 is 1.33. The van der Waals surface area contributed by atoms with Gasteiger partial charge >= 0.3 is 11.7 Å². The summed E-state index contributed by atoms with van der Waals surface area (Å²) < 4.78 is 8.44. The molecule has 0 spiro atoms. The van der Waals surface area contributed by atoms with Crippen molar-refractivity contribution in [2.24, 2.45) is 4.99 Å². The summed E-state index contributed by atoms with van der Waals surface area (Å²) in [7, 11) is 1.70. The number of aryl methyl sites for hydroxylation is 3. The molecular weight excluding hydrogens is 545 g/mol. The molecule has 0 aromatic carbocycles. The number of fused-ring (bicyclic) bond motifs is 1. The molecule has 0 saturated carbocycles. The Balaban J connectivity index is 0.00000363. The van der Waals surface area contributed by atoms with E-state index in [-0.39, 0.29) is 41.7 Å². The van der Waals surface area contributed by atoms with Crippen LogP contribution < -0.4 is 16.3 Å². The van der Waals surface area contributed by atoms with E-state index in [1.165, 1.54) is 11.3 Å². The van der Waals surface area contributed by atoms with Gasteiger partial charge in [0.2, 0.25) is 0 Å². The van der Waals surface area contributed by atoms with Gasteiger partial charge < -0.3 is 15.4 Å². The molecule has 3 heterocycles. The molecule has 1 aliphatic rings. The SMILES string of the molecule is CCOC(=O)c1sc(C(C)NC(=NC)NCCCn2nc3n(c2=O)CCCC3)nc1C.I. The highest BCUT2D eigenvalue weighted by molar-refractivity contribution is 14.0. The quantitative estimate of drug-likeness (QED) is 0.163. The van der Waals surface area contributed by atoms with Crippen molar-refractivity contribution in [1.29, 1.82) is 0 Å². The molecule has 32 heavy (non-hydrogen) atoms. The van der Waals surface area contributed by atoms with Gasteiger partial charge in [0.05, 0.1) is 18.3 Å². The van der Waals surface area contributed by atoms with Crippen molar-refractivity contribution in [2.45, 2.75) is 65.6 Å². The van der Waals surface area contributed by atoms with Crippen LogP contribution in [0.4, 0.5) is 0 Å². The predicted octanol–water partition coefficient (Wildman–Crippen LogP) is 2.26. The minimum absolute atomic E-state index is 0. The molecule has 178 valence electrons. The molecule has 2 N–H and O–H groups in total. The summed E-state index contributed by atoms with van der Waals surface area (Å²) in [5.41, 5.74) is 0.658. The molecule has 1 atom stereocenters. The normalized spacial score (nSPS) is 14.3. The lowest BCUT2D eigenvalue weighted by atomic mass is 10.2. The molecule has 0 radical (unpaired) electrons. The lowest BCUT2D eigenvalue weighted by Gasteiger charge is -2.16. The first-order chi connectivity index (χ1) is 14.9. The number of carbonyl (C=O) groups excluding carboxylic acids is 1. The van der Waals surface area contributed by atoms with Crippen molar-refractivity contribution in [1.82, 2.24) is 30.0 Å². The van der Waals surface area contributed by atoms with Crippen LogP contribution in [0.25, 0.3) is 0 Å². The van der Waals surface area contributed by atoms with Gasteiger partial charge in [-0.2, -0.15) is 5.10 Å². The summed E-state index contributed by atoms with van der Waals surface area (Å²) in [6.07, 6.45) is 3.76. The van der Waals surface area contributed by atoms with Crippen LogP contribution in [0.3, 0.4) is 0 Å². The third-order valence-corrected chi connectivity index (χ3v) is 6.41. The minimum Gasteiger partial charge on any atom is -0.462 e. The zero-order chi connectivity index (χ0) is 22.4. The van der Waals surface area contributed by atoms with Gasteiger partial charge in [0.15, 0.2) is 5.96 Å². The van der Waals surface area contributed by atoms with E-state index in [4.69, 9.17) is 4.74 Å². The third kappa shape index (κ3) is 6.30. The van der Waals surface area contributed by atoms with E-state index in [0.717, 1.165) is 43.1 Å². The fraction of sp³-hybridized carbons (Fsp3) is 0.650. The summed E-state index contributed by atoms with van der Waals surface area (Å²) in [5.74, 6) is 1.20. The molecule has 0 fully saturated rings. The van der Waals surface area contributed by atoms with Gasteiger partial charge in [-0.1, -0.05) is 0 Å². The third-order valence-electron chi connectivity index (χ3n) is 5.09. The number of guanidine groups is 1. The molecule has 1 unspecified atom stereocenters. The average Bonchev–Trinajstić information content (AvgIpc) is 3.31. The molecule has 12 heteroatoms. The first-order valence-corrected chi connectivity index (χ1v) is 11.5. The number of hydrogen-bond acceptors (Lipinski definition) is 7. The number of ether oxygens (including phenoxy) is 1. The largest absolute Gasteiger partial charge is 0.462 e. The van der Waals surface area contributed by atoms with Gasteiger partial charge in [-0.05, 0) is 40.0 Å². The number of carbonyl (C=O) groups is 1. The Morgan fingerprint density at radius 2 is 2.16 bits per heavy atom. The van der Waals surface area contributed by atoms with Crippen LogP contribution in [0.15, 0.2) is 9.79 Å². The topological polar surface area (TPSA) is 115 Å². The summed E-state index contributed by atoms with van der Waals surface area (Å²) in [6.45, 7) is 7.88. The second-order valence-corrected chi connectivity index (χ2v) is 8.47.